The highest BCUT2D eigenvalue weighted by Crippen LogP contribution is 2.20. The van der Waals surface area contributed by atoms with Crippen LogP contribution in [-0.2, 0) is 11.5 Å². The van der Waals surface area contributed by atoms with E-state index in [4.69, 9.17) is 4.74 Å². The number of rotatable bonds is 5. The minimum absolute atomic E-state index is 0.259. The molecule has 0 fully saturated rings. The zero-order chi connectivity index (χ0) is 14.0. The van der Waals surface area contributed by atoms with E-state index in [9.17, 15) is 4.39 Å². The fourth-order valence-electron chi connectivity index (χ4n) is 1.89. The zero-order valence-electron chi connectivity index (χ0n) is 12.0. The monoisotopic (exact) mass is 280 g/mol. The van der Waals surface area contributed by atoms with Gasteiger partial charge >= 0.3 is 0 Å². The van der Waals surface area contributed by atoms with Gasteiger partial charge in [-0.3, -0.25) is 0 Å². The minimum Gasteiger partial charge on any atom is -0.361 e. The number of pyridine rings is 1. The molecule has 0 aromatic carbocycles. The van der Waals surface area contributed by atoms with Crippen LogP contribution in [0.4, 0.5) is 4.39 Å². The Labute approximate surface area is 114 Å². The third kappa shape index (κ3) is 3.42. The third-order valence-electron chi connectivity index (χ3n) is 3.22. The van der Waals surface area contributed by atoms with Crippen molar-refractivity contribution in [1.82, 2.24) is 9.55 Å². The molecule has 0 N–H and O–H groups in total. The summed E-state index contributed by atoms with van der Waals surface area (Å²) >= 11 is 0. The Morgan fingerprint density at radius 1 is 1.37 bits per heavy atom. The molecule has 2 rings (SSSR count). The second-order valence-electron chi connectivity index (χ2n) is 6.10. The standard InChI is InChI=1S/C14H21FN2OSi/c1-11-12-5-6-17(14(12)16-9-13(11)15)10-18-7-8-19(2,3)4/h5-6,9H,7-8,10H2,1-4H3. The number of ether oxygens (including phenoxy) is 1. The molecule has 3 nitrogen and oxygen atoms in total. The zero-order valence-corrected chi connectivity index (χ0v) is 13.0. The summed E-state index contributed by atoms with van der Waals surface area (Å²) in [5.41, 5.74) is 1.43. The van der Waals surface area contributed by atoms with Crippen molar-refractivity contribution in [3.05, 3.63) is 29.8 Å². The lowest BCUT2D eigenvalue weighted by atomic mass is 10.2. The molecule has 19 heavy (non-hydrogen) atoms. The molecular weight excluding hydrogens is 259 g/mol. The van der Waals surface area contributed by atoms with E-state index in [0.717, 1.165) is 23.7 Å². The van der Waals surface area contributed by atoms with Crippen LogP contribution in [0.2, 0.25) is 25.7 Å². The molecule has 0 atom stereocenters. The lowest BCUT2D eigenvalue weighted by molar-refractivity contribution is 0.0899. The molecule has 2 aromatic heterocycles. The summed E-state index contributed by atoms with van der Waals surface area (Å²) in [6.45, 7) is 10.0. The average molecular weight is 280 g/mol. The summed E-state index contributed by atoms with van der Waals surface area (Å²) < 4.78 is 21.0. The van der Waals surface area contributed by atoms with Crippen molar-refractivity contribution >= 4 is 19.1 Å². The van der Waals surface area contributed by atoms with Crippen LogP contribution >= 0.6 is 0 Å². The Morgan fingerprint density at radius 2 is 2.11 bits per heavy atom. The van der Waals surface area contributed by atoms with Gasteiger partial charge in [0.1, 0.15) is 18.2 Å². The first kappa shape index (κ1) is 14.2. The van der Waals surface area contributed by atoms with Crippen LogP contribution in [-0.4, -0.2) is 24.2 Å². The highest BCUT2D eigenvalue weighted by atomic mass is 28.3. The van der Waals surface area contributed by atoms with Gasteiger partial charge in [0.05, 0.1) is 6.20 Å². The fourth-order valence-corrected chi connectivity index (χ4v) is 2.65. The van der Waals surface area contributed by atoms with Gasteiger partial charge in [-0.1, -0.05) is 19.6 Å². The van der Waals surface area contributed by atoms with Crippen molar-refractivity contribution < 1.29 is 9.13 Å². The maximum atomic E-state index is 13.4. The molecule has 0 aliphatic carbocycles. The predicted molar refractivity (Wildman–Crippen MR) is 78.5 cm³/mol. The van der Waals surface area contributed by atoms with Crippen molar-refractivity contribution in [3.8, 4) is 0 Å². The summed E-state index contributed by atoms with van der Waals surface area (Å²) in [4.78, 5) is 4.15. The summed E-state index contributed by atoms with van der Waals surface area (Å²) in [6.07, 6.45) is 3.18. The van der Waals surface area contributed by atoms with Crippen molar-refractivity contribution in [2.75, 3.05) is 6.61 Å². The Kier molecular flexibility index (Phi) is 4.06. The first-order valence-electron chi connectivity index (χ1n) is 6.56. The summed E-state index contributed by atoms with van der Waals surface area (Å²) in [6, 6.07) is 3.04. The molecular formula is C14H21FN2OSi. The normalized spacial score (nSPS) is 12.3. The largest absolute Gasteiger partial charge is 0.361 e. The predicted octanol–water partition coefficient (Wildman–Crippen LogP) is 3.80. The number of fused-ring (bicyclic) bond motifs is 1. The number of hydrogen-bond acceptors (Lipinski definition) is 2. The molecule has 0 aliphatic heterocycles. The van der Waals surface area contributed by atoms with Gasteiger partial charge in [-0.2, -0.15) is 0 Å². The Bertz CT molecular complexity index is 575. The Hall–Kier alpha value is -1.20. The minimum atomic E-state index is -1.05. The lowest BCUT2D eigenvalue weighted by Gasteiger charge is -2.15. The van der Waals surface area contributed by atoms with Gasteiger partial charge in [0, 0.05) is 26.3 Å². The average Bonchev–Trinajstić information content (AvgIpc) is 2.72. The summed E-state index contributed by atoms with van der Waals surface area (Å²) in [7, 11) is -1.05. The van der Waals surface area contributed by atoms with Gasteiger partial charge in [-0.05, 0) is 24.6 Å². The molecule has 0 saturated carbocycles. The lowest BCUT2D eigenvalue weighted by Crippen LogP contribution is -2.22. The van der Waals surface area contributed by atoms with E-state index in [1.165, 1.54) is 6.20 Å². The van der Waals surface area contributed by atoms with E-state index in [-0.39, 0.29) is 5.82 Å². The quantitative estimate of drug-likeness (QED) is 0.615. The molecule has 5 heteroatoms. The first-order chi connectivity index (χ1) is 8.88. The van der Waals surface area contributed by atoms with Crippen LogP contribution in [0.3, 0.4) is 0 Å². The van der Waals surface area contributed by atoms with E-state index in [2.05, 4.69) is 24.6 Å². The molecule has 0 saturated heterocycles. The molecule has 0 radical (unpaired) electrons. The number of halogens is 1. The fraction of sp³-hybridized carbons (Fsp3) is 0.500. The van der Waals surface area contributed by atoms with Crippen molar-refractivity contribution in [1.29, 1.82) is 0 Å². The summed E-state index contributed by atoms with van der Waals surface area (Å²) in [5.74, 6) is -0.259. The van der Waals surface area contributed by atoms with Crippen LogP contribution in [0.5, 0.6) is 0 Å². The van der Waals surface area contributed by atoms with E-state index in [1.807, 2.05) is 16.8 Å². The second-order valence-corrected chi connectivity index (χ2v) is 11.7. The smallest absolute Gasteiger partial charge is 0.145 e. The maximum absolute atomic E-state index is 13.4. The van der Waals surface area contributed by atoms with E-state index in [0.29, 0.717) is 12.3 Å². The van der Waals surface area contributed by atoms with Gasteiger partial charge in [-0.25, -0.2) is 9.37 Å². The summed E-state index contributed by atoms with van der Waals surface area (Å²) in [5, 5.41) is 0.855. The number of nitrogens with zero attached hydrogens (tertiary/aromatic N) is 2. The van der Waals surface area contributed by atoms with E-state index < -0.39 is 8.07 Å². The Balaban J connectivity index is 2.04. The number of aryl methyl sites for hydroxylation is 1. The van der Waals surface area contributed by atoms with Crippen molar-refractivity contribution in [2.45, 2.75) is 39.3 Å². The van der Waals surface area contributed by atoms with Crippen LogP contribution in [0.15, 0.2) is 18.5 Å². The molecule has 0 aliphatic rings. The molecule has 0 amide bonds. The van der Waals surface area contributed by atoms with Gasteiger partial charge in [0.25, 0.3) is 0 Å². The van der Waals surface area contributed by atoms with Gasteiger partial charge < -0.3 is 9.30 Å². The topological polar surface area (TPSA) is 27.1 Å². The number of hydrogen-bond donors (Lipinski definition) is 0. The van der Waals surface area contributed by atoms with Crippen molar-refractivity contribution in [2.24, 2.45) is 0 Å². The van der Waals surface area contributed by atoms with Crippen LogP contribution < -0.4 is 0 Å². The van der Waals surface area contributed by atoms with Crippen LogP contribution in [0.25, 0.3) is 11.0 Å². The van der Waals surface area contributed by atoms with Crippen LogP contribution in [0.1, 0.15) is 5.56 Å². The van der Waals surface area contributed by atoms with Gasteiger partial charge in [0.15, 0.2) is 0 Å². The SMILES string of the molecule is Cc1c(F)cnc2c1ccn2COCC[Si](C)(C)C. The van der Waals surface area contributed by atoms with Crippen molar-refractivity contribution in [3.63, 3.8) is 0 Å². The van der Waals surface area contributed by atoms with Crippen LogP contribution in [0, 0.1) is 12.7 Å². The molecule has 104 valence electrons. The van der Waals surface area contributed by atoms with Gasteiger partial charge in [0.2, 0.25) is 0 Å². The molecule has 2 heterocycles. The van der Waals surface area contributed by atoms with Gasteiger partial charge in [-0.15, -0.1) is 0 Å². The molecule has 0 unspecified atom stereocenters. The second kappa shape index (κ2) is 5.42. The van der Waals surface area contributed by atoms with E-state index in [1.54, 1.807) is 6.92 Å². The Morgan fingerprint density at radius 3 is 2.79 bits per heavy atom. The molecule has 0 bridgehead atoms. The maximum Gasteiger partial charge on any atom is 0.145 e. The highest BCUT2D eigenvalue weighted by molar-refractivity contribution is 6.76. The first-order valence-corrected chi connectivity index (χ1v) is 10.3. The molecule has 0 spiro atoms. The third-order valence-corrected chi connectivity index (χ3v) is 4.93. The number of aromatic nitrogens is 2. The highest BCUT2D eigenvalue weighted by Gasteiger charge is 2.12. The van der Waals surface area contributed by atoms with E-state index >= 15 is 0 Å². The molecule has 2 aromatic rings.